The van der Waals surface area contributed by atoms with E-state index < -0.39 is 12.0 Å². The molecule has 0 aliphatic rings. The maximum atomic E-state index is 10.5. The predicted octanol–water partition coefficient (Wildman–Crippen LogP) is 1.56. The lowest BCUT2D eigenvalue weighted by atomic mass is 10.2. The molecule has 0 bridgehead atoms. The van der Waals surface area contributed by atoms with Crippen LogP contribution in [-0.2, 0) is 4.79 Å². The van der Waals surface area contributed by atoms with Gasteiger partial charge in [0.2, 0.25) is 0 Å². The van der Waals surface area contributed by atoms with E-state index in [4.69, 9.17) is 15.6 Å². The number of thioether (sulfide) groups is 1. The summed E-state index contributed by atoms with van der Waals surface area (Å²) in [5.41, 5.74) is 6.28. The van der Waals surface area contributed by atoms with E-state index in [-0.39, 0.29) is 5.75 Å². The predicted molar refractivity (Wildman–Crippen MR) is 76.6 cm³/mol. The molecule has 1 rings (SSSR count). The first-order chi connectivity index (χ1) is 9.04. The summed E-state index contributed by atoms with van der Waals surface area (Å²) in [4.78, 5) is 10.5. The topological polar surface area (TPSA) is 92.8 Å². The lowest BCUT2D eigenvalue weighted by molar-refractivity contribution is -0.137. The molecule has 0 unspecified atom stereocenters. The Kier molecular flexibility index (Phi) is 6.24. The van der Waals surface area contributed by atoms with E-state index in [1.807, 2.05) is 12.2 Å². The summed E-state index contributed by atoms with van der Waals surface area (Å²) < 4.78 is 5.00. The number of hydrogen-bond acceptors (Lipinski definition) is 5. The Bertz CT molecular complexity index is 462. The van der Waals surface area contributed by atoms with Crippen molar-refractivity contribution in [1.29, 1.82) is 0 Å². The monoisotopic (exact) mass is 283 g/mol. The van der Waals surface area contributed by atoms with Crippen LogP contribution in [0.5, 0.6) is 11.5 Å². The van der Waals surface area contributed by atoms with Crippen molar-refractivity contribution in [3.8, 4) is 11.5 Å². The van der Waals surface area contributed by atoms with Crippen LogP contribution in [0.2, 0.25) is 0 Å². The fraction of sp³-hybridized carbons (Fsp3) is 0.308. The second-order valence-electron chi connectivity index (χ2n) is 3.82. The molecule has 0 spiro atoms. The minimum Gasteiger partial charge on any atom is -0.504 e. The van der Waals surface area contributed by atoms with Crippen molar-refractivity contribution < 1.29 is 19.7 Å². The number of phenols is 1. The molecule has 0 heterocycles. The Morgan fingerprint density at radius 1 is 1.58 bits per heavy atom. The van der Waals surface area contributed by atoms with Crippen molar-refractivity contribution in [2.45, 2.75) is 6.04 Å². The average molecular weight is 283 g/mol. The number of benzene rings is 1. The fourth-order valence-corrected chi connectivity index (χ4v) is 2.08. The number of carboxylic acid groups (broad SMARTS) is 1. The molecular weight excluding hydrogens is 266 g/mol. The molecule has 0 saturated carbocycles. The van der Waals surface area contributed by atoms with Crippen LogP contribution in [0, 0.1) is 0 Å². The molecule has 1 atom stereocenters. The number of carboxylic acids is 1. The average Bonchev–Trinajstić information content (AvgIpc) is 2.39. The first-order valence-corrected chi connectivity index (χ1v) is 6.79. The second-order valence-corrected chi connectivity index (χ2v) is 4.89. The highest BCUT2D eigenvalue weighted by molar-refractivity contribution is 7.99. The van der Waals surface area contributed by atoms with Crippen LogP contribution in [0.3, 0.4) is 0 Å². The Hall–Kier alpha value is -1.66. The summed E-state index contributed by atoms with van der Waals surface area (Å²) in [5.74, 6) is 0.576. The molecule has 4 N–H and O–H groups in total. The zero-order valence-electron chi connectivity index (χ0n) is 10.6. The Morgan fingerprint density at radius 2 is 2.32 bits per heavy atom. The lowest BCUT2D eigenvalue weighted by Gasteiger charge is -2.04. The standard InChI is InChI=1S/C13H17NO4S/c1-18-12-7-9(4-5-11(12)15)3-2-6-19-8-10(14)13(16)17/h2-5,7,10,15H,6,8,14H2,1H3,(H,16,17)/b3-2+/t10-/m0/s1. The molecule has 0 aliphatic carbocycles. The van der Waals surface area contributed by atoms with Crippen LogP contribution in [0.15, 0.2) is 24.3 Å². The lowest BCUT2D eigenvalue weighted by Crippen LogP contribution is -2.32. The highest BCUT2D eigenvalue weighted by atomic mass is 32.2. The molecule has 0 aliphatic heterocycles. The van der Waals surface area contributed by atoms with Crippen LogP contribution >= 0.6 is 11.8 Å². The molecule has 0 aromatic heterocycles. The number of ether oxygens (including phenoxy) is 1. The zero-order chi connectivity index (χ0) is 14.3. The van der Waals surface area contributed by atoms with Crippen LogP contribution in [0.25, 0.3) is 6.08 Å². The van der Waals surface area contributed by atoms with Gasteiger partial charge in [0.15, 0.2) is 11.5 Å². The van der Waals surface area contributed by atoms with Gasteiger partial charge in [0.25, 0.3) is 0 Å². The maximum absolute atomic E-state index is 10.5. The van der Waals surface area contributed by atoms with Crippen LogP contribution < -0.4 is 10.5 Å². The minimum atomic E-state index is -0.986. The van der Waals surface area contributed by atoms with Gasteiger partial charge >= 0.3 is 5.97 Å². The minimum absolute atomic E-state index is 0.0986. The van der Waals surface area contributed by atoms with Crippen molar-refractivity contribution in [1.82, 2.24) is 0 Å². The SMILES string of the molecule is COc1cc(/C=C/CSC[C@H](N)C(=O)O)ccc1O. The molecule has 0 radical (unpaired) electrons. The first-order valence-electron chi connectivity index (χ1n) is 5.64. The number of phenolic OH excluding ortho intramolecular Hbond substituents is 1. The maximum Gasteiger partial charge on any atom is 0.321 e. The number of nitrogens with two attached hydrogens (primary N) is 1. The molecular formula is C13H17NO4S. The second kappa shape index (κ2) is 7.70. The summed E-state index contributed by atoms with van der Waals surface area (Å²) in [5, 5.41) is 18.0. The smallest absolute Gasteiger partial charge is 0.321 e. The van der Waals surface area contributed by atoms with E-state index in [0.29, 0.717) is 17.3 Å². The Balaban J connectivity index is 2.43. The molecule has 5 nitrogen and oxygen atoms in total. The molecule has 0 fully saturated rings. The largest absolute Gasteiger partial charge is 0.504 e. The van der Waals surface area contributed by atoms with Gasteiger partial charge in [-0.3, -0.25) is 4.79 Å². The van der Waals surface area contributed by atoms with E-state index in [1.54, 1.807) is 18.2 Å². The molecule has 6 heteroatoms. The van der Waals surface area contributed by atoms with Gasteiger partial charge in [-0.2, -0.15) is 11.8 Å². The van der Waals surface area contributed by atoms with E-state index in [9.17, 15) is 9.90 Å². The van der Waals surface area contributed by atoms with Crippen molar-refractivity contribution in [3.05, 3.63) is 29.8 Å². The van der Waals surface area contributed by atoms with Gasteiger partial charge < -0.3 is 20.7 Å². The molecule has 0 saturated heterocycles. The fourth-order valence-electron chi connectivity index (χ4n) is 1.32. The van der Waals surface area contributed by atoms with Crippen molar-refractivity contribution >= 4 is 23.8 Å². The molecule has 1 aromatic carbocycles. The third-order valence-corrected chi connectivity index (χ3v) is 3.37. The van der Waals surface area contributed by atoms with E-state index in [0.717, 1.165) is 5.56 Å². The number of aromatic hydroxyl groups is 1. The number of aliphatic carboxylic acids is 1. The molecule has 104 valence electrons. The number of methoxy groups -OCH3 is 1. The number of rotatable bonds is 7. The van der Waals surface area contributed by atoms with Crippen LogP contribution in [-0.4, -0.2) is 40.8 Å². The van der Waals surface area contributed by atoms with Crippen LogP contribution in [0.1, 0.15) is 5.56 Å². The highest BCUT2D eigenvalue weighted by Gasteiger charge is 2.09. The van der Waals surface area contributed by atoms with Gasteiger partial charge in [0.05, 0.1) is 7.11 Å². The number of hydrogen-bond donors (Lipinski definition) is 3. The van der Waals surface area contributed by atoms with Gasteiger partial charge in [-0.05, 0) is 17.7 Å². The summed E-state index contributed by atoms with van der Waals surface area (Å²) >= 11 is 1.45. The van der Waals surface area contributed by atoms with Crippen molar-refractivity contribution in [2.75, 3.05) is 18.6 Å². The zero-order valence-corrected chi connectivity index (χ0v) is 11.4. The Labute approximate surface area is 116 Å². The quantitative estimate of drug-likeness (QED) is 0.658. The van der Waals surface area contributed by atoms with Crippen molar-refractivity contribution in [2.24, 2.45) is 5.73 Å². The summed E-state index contributed by atoms with van der Waals surface area (Å²) in [6.45, 7) is 0. The van der Waals surface area contributed by atoms with Gasteiger partial charge in [0.1, 0.15) is 6.04 Å². The molecule has 1 aromatic rings. The molecule has 0 amide bonds. The first kappa shape index (κ1) is 15.4. The van der Waals surface area contributed by atoms with E-state index in [1.165, 1.54) is 18.9 Å². The normalized spacial score (nSPS) is 12.5. The summed E-state index contributed by atoms with van der Waals surface area (Å²) in [6, 6.07) is 4.22. The van der Waals surface area contributed by atoms with Gasteiger partial charge in [-0.25, -0.2) is 0 Å². The Morgan fingerprint density at radius 3 is 2.95 bits per heavy atom. The number of carbonyl (C=O) groups is 1. The summed E-state index contributed by atoms with van der Waals surface area (Å²) in [6.07, 6.45) is 3.78. The third kappa shape index (κ3) is 5.23. The van der Waals surface area contributed by atoms with Gasteiger partial charge in [0, 0.05) is 11.5 Å². The third-order valence-electron chi connectivity index (χ3n) is 2.34. The van der Waals surface area contributed by atoms with Crippen LogP contribution in [0.4, 0.5) is 0 Å². The van der Waals surface area contributed by atoms with Crippen molar-refractivity contribution in [3.63, 3.8) is 0 Å². The van der Waals surface area contributed by atoms with E-state index >= 15 is 0 Å². The van der Waals surface area contributed by atoms with E-state index in [2.05, 4.69) is 0 Å². The van der Waals surface area contributed by atoms with Gasteiger partial charge in [-0.15, -0.1) is 0 Å². The summed E-state index contributed by atoms with van der Waals surface area (Å²) in [7, 11) is 1.49. The molecule has 19 heavy (non-hydrogen) atoms. The van der Waals surface area contributed by atoms with Gasteiger partial charge in [-0.1, -0.05) is 18.2 Å². The highest BCUT2D eigenvalue weighted by Crippen LogP contribution is 2.26.